The Hall–Kier alpha value is -2.78. The minimum atomic E-state index is -0.478. The summed E-state index contributed by atoms with van der Waals surface area (Å²) < 4.78 is 5.49. The van der Waals surface area contributed by atoms with Crippen LogP contribution in [0.1, 0.15) is 41.0 Å². The Bertz CT molecular complexity index is 1180. The van der Waals surface area contributed by atoms with Crippen molar-refractivity contribution in [3.8, 4) is 6.07 Å². The highest BCUT2D eigenvalue weighted by Gasteiger charge is 2.55. The standard InChI is InChI=1S/C28H33ClN4O2/c1-25(2,3)35-24(34)33-17-28(18-33)15-32(16-28)21-13-31-23-20(22(21)29)7-6-10-27(23,5)19-8-11-26(4,14-30)12-9-19/h6-11,13,23H,12,15-18H2,1-5H3. The van der Waals surface area contributed by atoms with E-state index in [-0.39, 0.29) is 23.0 Å². The van der Waals surface area contributed by atoms with Gasteiger partial charge in [0.25, 0.3) is 0 Å². The average molecular weight is 493 g/mol. The average Bonchev–Trinajstić information content (AvgIpc) is 2.73. The maximum absolute atomic E-state index is 12.3. The number of carbonyl (C=O) groups excluding carboxylic acids is 1. The third kappa shape index (κ3) is 4.04. The van der Waals surface area contributed by atoms with Gasteiger partial charge >= 0.3 is 6.09 Å². The largest absolute Gasteiger partial charge is 0.444 e. The first-order chi connectivity index (χ1) is 16.4. The lowest BCUT2D eigenvalue weighted by molar-refractivity contribution is -0.0980. The first-order valence-electron chi connectivity index (χ1n) is 12.2. The second-order valence-corrected chi connectivity index (χ2v) is 12.4. The number of hydrogen-bond acceptors (Lipinski definition) is 5. The molecule has 0 saturated carbocycles. The number of fused-ring (bicyclic) bond motifs is 1. The van der Waals surface area contributed by atoms with Gasteiger partial charge in [-0.3, -0.25) is 4.99 Å². The molecule has 5 rings (SSSR count). The van der Waals surface area contributed by atoms with E-state index in [2.05, 4.69) is 48.3 Å². The van der Waals surface area contributed by atoms with E-state index in [4.69, 9.17) is 21.3 Å². The van der Waals surface area contributed by atoms with Gasteiger partial charge < -0.3 is 14.5 Å². The van der Waals surface area contributed by atoms with E-state index < -0.39 is 11.0 Å². The molecular weight excluding hydrogens is 460 g/mol. The molecule has 1 spiro atoms. The number of aliphatic imine (C=N–C) groups is 1. The Labute approximate surface area is 213 Å². The van der Waals surface area contributed by atoms with Gasteiger partial charge in [-0.1, -0.05) is 48.1 Å². The fourth-order valence-electron chi connectivity index (χ4n) is 5.68. The van der Waals surface area contributed by atoms with Crippen molar-refractivity contribution < 1.29 is 9.53 Å². The summed E-state index contributed by atoms with van der Waals surface area (Å²) in [4.78, 5) is 21.3. The Morgan fingerprint density at radius 3 is 2.54 bits per heavy atom. The quantitative estimate of drug-likeness (QED) is 0.520. The number of ether oxygens (including phenoxy) is 1. The first kappa shape index (κ1) is 23.9. The lowest BCUT2D eigenvalue weighted by Crippen LogP contribution is -2.72. The summed E-state index contributed by atoms with van der Waals surface area (Å²) in [7, 11) is 0. The highest BCUT2D eigenvalue weighted by molar-refractivity contribution is 6.34. The molecule has 184 valence electrons. The Morgan fingerprint density at radius 1 is 1.23 bits per heavy atom. The molecule has 0 aromatic heterocycles. The minimum absolute atomic E-state index is 0.104. The number of nitrogens with zero attached hydrogens (tertiary/aromatic N) is 4. The maximum Gasteiger partial charge on any atom is 0.410 e. The van der Waals surface area contributed by atoms with Gasteiger partial charge in [0.05, 0.1) is 28.3 Å². The smallest absolute Gasteiger partial charge is 0.410 e. The SMILES string of the molecule is CC1(C#N)C=CC(C2(C)C=CC=C3C(Cl)=C(N4CC5(CN(C(=O)OC(C)(C)C)C5)C4)C=NC32)=CC1. The fraction of sp³-hybridized carbons (Fsp3) is 0.536. The van der Waals surface area contributed by atoms with Crippen LogP contribution in [0.2, 0.25) is 0 Å². The molecule has 7 heteroatoms. The molecule has 2 saturated heterocycles. The number of dihydropyridines is 1. The van der Waals surface area contributed by atoms with E-state index in [1.807, 2.05) is 40.0 Å². The summed E-state index contributed by atoms with van der Waals surface area (Å²) in [5.41, 5.74) is 2.02. The van der Waals surface area contributed by atoms with Gasteiger partial charge in [-0.05, 0) is 52.2 Å². The number of allylic oxidation sites excluding steroid dienone is 6. The highest BCUT2D eigenvalue weighted by atomic mass is 35.5. The number of likely N-dealkylation sites (tertiary alicyclic amines) is 2. The Balaban J connectivity index is 1.26. The van der Waals surface area contributed by atoms with Gasteiger partial charge in [0, 0.05) is 43.2 Å². The van der Waals surface area contributed by atoms with Crippen molar-refractivity contribution in [1.82, 2.24) is 9.80 Å². The zero-order valence-electron chi connectivity index (χ0n) is 21.1. The fourth-order valence-corrected chi connectivity index (χ4v) is 6.01. The van der Waals surface area contributed by atoms with Crippen molar-refractivity contribution in [1.29, 1.82) is 5.26 Å². The highest BCUT2D eigenvalue weighted by Crippen LogP contribution is 2.49. The van der Waals surface area contributed by atoms with Gasteiger partial charge in [-0.2, -0.15) is 5.26 Å². The molecule has 0 aromatic rings. The van der Waals surface area contributed by atoms with E-state index in [1.54, 1.807) is 4.90 Å². The molecule has 3 unspecified atom stereocenters. The molecule has 2 aliphatic carbocycles. The van der Waals surface area contributed by atoms with Gasteiger partial charge in [0.1, 0.15) is 5.60 Å². The van der Waals surface area contributed by atoms with Crippen molar-refractivity contribution >= 4 is 23.9 Å². The van der Waals surface area contributed by atoms with Crippen molar-refractivity contribution in [2.24, 2.45) is 21.2 Å². The number of halogens is 1. The number of amides is 1. The first-order valence-corrected chi connectivity index (χ1v) is 12.6. The van der Waals surface area contributed by atoms with Crippen molar-refractivity contribution in [2.45, 2.75) is 52.7 Å². The van der Waals surface area contributed by atoms with Gasteiger partial charge in [0.15, 0.2) is 0 Å². The van der Waals surface area contributed by atoms with E-state index in [9.17, 15) is 10.1 Å². The number of carbonyl (C=O) groups is 1. The zero-order chi connectivity index (χ0) is 25.2. The Morgan fingerprint density at radius 2 is 1.94 bits per heavy atom. The maximum atomic E-state index is 12.3. The van der Waals surface area contributed by atoms with E-state index >= 15 is 0 Å². The van der Waals surface area contributed by atoms with Crippen LogP contribution in [0.5, 0.6) is 0 Å². The van der Waals surface area contributed by atoms with Crippen LogP contribution in [0.4, 0.5) is 4.79 Å². The summed E-state index contributed by atoms with van der Waals surface area (Å²) in [6.45, 7) is 13.0. The van der Waals surface area contributed by atoms with Crippen molar-refractivity contribution in [3.63, 3.8) is 0 Å². The monoisotopic (exact) mass is 492 g/mol. The molecule has 6 nitrogen and oxygen atoms in total. The molecule has 0 bridgehead atoms. The Kier molecular flexibility index (Phi) is 5.38. The summed E-state index contributed by atoms with van der Waals surface area (Å²) >= 11 is 6.98. The lowest BCUT2D eigenvalue weighted by atomic mass is 9.66. The van der Waals surface area contributed by atoms with Crippen molar-refractivity contribution in [2.75, 3.05) is 26.2 Å². The van der Waals surface area contributed by atoms with Crippen LogP contribution < -0.4 is 0 Å². The summed E-state index contributed by atoms with van der Waals surface area (Å²) in [6.07, 6.45) is 15.0. The second-order valence-electron chi connectivity index (χ2n) is 12.1. The molecule has 3 atom stereocenters. The molecule has 2 fully saturated rings. The van der Waals surface area contributed by atoms with Crippen molar-refractivity contribution in [3.05, 3.63) is 58.3 Å². The van der Waals surface area contributed by atoms with E-state index in [1.165, 1.54) is 5.57 Å². The predicted octanol–water partition coefficient (Wildman–Crippen LogP) is 5.36. The predicted molar refractivity (Wildman–Crippen MR) is 138 cm³/mol. The van der Waals surface area contributed by atoms with Crippen LogP contribution in [0.25, 0.3) is 0 Å². The number of hydrogen-bond donors (Lipinski definition) is 0. The van der Waals surface area contributed by atoms with Crippen LogP contribution >= 0.6 is 11.6 Å². The molecule has 35 heavy (non-hydrogen) atoms. The number of nitriles is 1. The second kappa shape index (κ2) is 7.86. The van der Waals surface area contributed by atoms with Crippen LogP contribution in [0.15, 0.2) is 63.3 Å². The lowest BCUT2D eigenvalue weighted by Gasteiger charge is -2.61. The molecule has 1 amide bonds. The van der Waals surface area contributed by atoms with Gasteiger partial charge in [0.2, 0.25) is 0 Å². The van der Waals surface area contributed by atoms with E-state index in [0.717, 1.165) is 29.4 Å². The third-order valence-corrected chi connectivity index (χ3v) is 8.17. The minimum Gasteiger partial charge on any atom is -0.444 e. The number of rotatable bonds is 2. The molecule has 0 aromatic carbocycles. The van der Waals surface area contributed by atoms with E-state index in [0.29, 0.717) is 19.5 Å². The van der Waals surface area contributed by atoms with Crippen LogP contribution in [-0.4, -0.2) is 59.9 Å². The summed E-state index contributed by atoms with van der Waals surface area (Å²) in [5, 5.41) is 10.2. The van der Waals surface area contributed by atoms with Gasteiger partial charge in [-0.25, -0.2) is 4.79 Å². The molecular formula is C28H33ClN4O2. The zero-order valence-corrected chi connectivity index (χ0v) is 21.9. The van der Waals surface area contributed by atoms with Gasteiger partial charge in [-0.15, -0.1) is 0 Å². The molecule has 0 N–H and O–H groups in total. The molecule has 5 aliphatic rings. The molecule has 0 radical (unpaired) electrons. The van der Waals surface area contributed by atoms with Crippen LogP contribution in [-0.2, 0) is 4.74 Å². The summed E-state index contributed by atoms with van der Waals surface area (Å²) in [6, 6.07) is 2.29. The molecule has 3 aliphatic heterocycles. The topological polar surface area (TPSA) is 68.9 Å². The molecule has 3 heterocycles. The van der Waals surface area contributed by atoms with Crippen LogP contribution in [0.3, 0.4) is 0 Å². The summed E-state index contributed by atoms with van der Waals surface area (Å²) in [5.74, 6) is 0. The van der Waals surface area contributed by atoms with Crippen LogP contribution in [0, 0.1) is 27.6 Å². The third-order valence-electron chi connectivity index (χ3n) is 7.76. The normalized spacial score (nSPS) is 32.9.